The first-order valence-electron chi connectivity index (χ1n) is 10.5. The van der Waals surface area contributed by atoms with Gasteiger partial charge >= 0.3 is 0 Å². The fourth-order valence-electron chi connectivity index (χ4n) is 3.85. The Labute approximate surface area is 191 Å². The number of hydrogen-bond acceptors (Lipinski definition) is 4. The first-order valence-corrected chi connectivity index (χ1v) is 11.3. The minimum atomic E-state index is 0.0847. The van der Waals surface area contributed by atoms with Gasteiger partial charge in [-0.2, -0.15) is 5.10 Å². The normalized spacial score (nSPS) is 14.6. The Hall–Kier alpha value is -2.64. The Morgan fingerprint density at radius 3 is 2.58 bits per heavy atom. The third-order valence-corrected chi connectivity index (χ3v) is 6.04. The zero-order valence-corrected chi connectivity index (χ0v) is 19.5. The number of nitrogens with zero attached hydrogens (tertiary/aromatic N) is 4. The monoisotopic (exact) mass is 482 g/mol. The van der Waals surface area contributed by atoms with Crippen LogP contribution in [0.4, 0.5) is 0 Å². The summed E-state index contributed by atoms with van der Waals surface area (Å²) in [7, 11) is 1.95. The summed E-state index contributed by atoms with van der Waals surface area (Å²) in [6, 6.07) is 15.5. The first kappa shape index (κ1) is 21.6. The summed E-state index contributed by atoms with van der Waals surface area (Å²) >= 11 is 3.45. The van der Waals surface area contributed by atoms with Crippen LogP contribution in [0.2, 0.25) is 0 Å². The topological polar surface area (TPSA) is 50.6 Å². The summed E-state index contributed by atoms with van der Waals surface area (Å²) in [5.41, 5.74) is 4.02. The van der Waals surface area contributed by atoms with Gasteiger partial charge in [0.25, 0.3) is 5.91 Å². The molecule has 1 aromatic heterocycles. The molecule has 6 nitrogen and oxygen atoms in total. The van der Waals surface area contributed by atoms with E-state index < -0.39 is 0 Å². The van der Waals surface area contributed by atoms with Crippen molar-refractivity contribution in [2.24, 2.45) is 7.05 Å². The molecule has 2 heterocycles. The molecule has 0 aliphatic carbocycles. The third-order valence-electron chi connectivity index (χ3n) is 5.54. The lowest BCUT2D eigenvalue weighted by atomic mass is 10.1. The summed E-state index contributed by atoms with van der Waals surface area (Å²) in [4.78, 5) is 17.4. The highest BCUT2D eigenvalue weighted by Crippen LogP contribution is 2.20. The van der Waals surface area contributed by atoms with Gasteiger partial charge in [-0.1, -0.05) is 34.1 Å². The van der Waals surface area contributed by atoms with Gasteiger partial charge < -0.3 is 9.64 Å². The molecule has 0 bridgehead atoms. The van der Waals surface area contributed by atoms with Gasteiger partial charge in [0, 0.05) is 61.6 Å². The van der Waals surface area contributed by atoms with Gasteiger partial charge in [0.2, 0.25) is 0 Å². The summed E-state index contributed by atoms with van der Waals surface area (Å²) < 4.78 is 8.70. The van der Waals surface area contributed by atoms with E-state index in [1.807, 2.05) is 72.1 Å². The SMILES string of the molecule is Cc1nn(C)cc1CN1CCN(C(=O)c2cccc(COc3cccc(Br)c3)c2)CC1. The lowest BCUT2D eigenvalue weighted by Crippen LogP contribution is -2.48. The van der Waals surface area contributed by atoms with Gasteiger partial charge in [-0.15, -0.1) is 0 Å². The molecule has 0 N–H and O–H groups in total. The van der Waals surface area contributed by atoms with Crippen LogP contribution in [0.3, 0.4) is 0 Å². The number of halogens is 1. The molecule has 2 aromatic carbocycles. The molecular weight excluding hydrogens is 456 g/mol. The Kier molecular flexibility index (Phi) is 6.73. The second kappa shape index (κ2) is 9.66. The van der Waals surface area contributed by atoms with Gasteiger partial charge in [0.1, 0.15) is 12.4 Å². The van der Waals surface area contributed by atoms with E-state index in [4.69, 9.17) is 4.74 Å². The van der Waals surface area contributed by atoms with Crippen molar-refractivity contribution >= 4 is 21.8 Å². The molecule has 1 amide bonds. The van der Waals surface area contributed by atoms with Gasteiger partial charge in [-0.3, -0.25) is 14.4 Å². The van der Waals surface area contributed by atoms with E-state index >= 15 is 0 Å². The fourth-order valence-corrected chi connectivity index (χ4v) is 4.23. The Balaban J connectivity index is 1.32. The molecule has 1 aliphatic heterocycles. The molecule has 0 atom stereocenters. The van der Waals surface area contributed by atoms with Crippen LogP contribution in [0, 0.1) is 6.92 Å². The van der Waals surface area contributed by atoms with E-state index in [1.165, 1.54) is 5.56 Å². The van der Waals surface area contributed by atoms with Crippen LogP contribution >= 0.6 is 15.9 Å². The molecule has 1 fully saturated rings. The van der Waals surface area contributed by atoms with E-state index in [-0.39, 0.29) is 5.91 Å². The molecule has 4 rings (SSSR count). The van der Waals surface area contributed by atoms with Crippen molar-refractivity contribution in [3.05, 3.63) is 81.6 Å². The van der Waals surface area contributed by atoms with Crippen molar-refractivity contribution in [2.45, 2.75) is 20.1 Å². The number of aromatic nitrogens is 2. The number of carbonyl (C=O) groups is 1. The van der Waals surface area contributed by atoms with Crippen LogP contribution < -0.4 is 4.74 Å². The average Bonchev–Trinajstić information content (AvgIpc) is 3.09. The Morgan fingerprint density at radius 2 is 1.87 bits per heavy atom. The summed E-state index contributed by atoms with van der Waals surface area (Å²) in [5, 5.41) is 4.42. The molecule has 1 saturated heterocycles. The average molecular weight is 483 g/mol. The van der Waals surface area contributed by atoms with Gasteiger partial charge in [0.15, 0.2) is 0 Å². The van der Waals surface area contributed by atoms with Crippen molar-refractivity contribution in [1.82, 2.24) is 19.6 Å². The number of hydrogen-bond donors (Lipinski definition) is 0. The zero-order chi connectivity index (χ0) is 21.8. The predicted octanol–water partition coefficient (Wildman–Crippen LogP) is 4.03. The highest BCUT2D eigenvalue weighted by atomic mass is 79.9. The number of amides is 1. The number of piperazine rings is 1. The molecule has 0 radical (unpaired) electrons. The van der Waals surface area contributed by atoms with Gasteiger partial charge in [-0.05, 0) is 42.8 Å². The van der Waals surface area contributed by atoms with Gasteiger partial charge in [0.05, 0.1) is 5.69 Å². The van der Waals surface area contributed by atoms with E-state index in [0.717, 1.165) is 54.2 Å². The van der Waals surface area contributed by atoms with Crippen molar-refractivity contribution < 1.29 is 9.53 Å². The molecule has 3 aromatic rings. The Bertz CT molecular complexity index is 1060. The van der Waals surface area contributed by atoms with Crippen molar-refractivity contribution in [1.29, 1.82) is 0 Å². The molecule has 0 spiro atoms. The second-order valence-corrected chi connectivity index (χ2v) is 8.84. The lowest BCUT2D eigenvalue weighted by molar-refractivity contribution is 0.0628. The quantitative estimate of drug-likeness (QED) is 0.532. The number of benzene rings is 2. The maximum absolute atomic E-state index is 13.0. The molecule has 1 aliphatic rings. The molecule has 162 valence electrons. The summed E-state index contributed by atoms with van der Waals surface area (Å²) in [6.07, 6.45) is 2.08. The van der Waals surface area contributed by atoms with E-state index in [1.54, 1.807) is 0 Å². The molecule has 0 unspecified atom stereocenters. The number of ether oxygens (including phenoxy) is 1. The van der Waals surface area contributed by atoms with Gasteiger partial charge in [-0.25, -0.2) is 0 Å². The lowest BCUT2D eigenvalue weighted by Gasteiger charge is -2.34. The van der Waals surface area contributed by atoms with Crippen LogP contribution in [-0.2, 0) is 20.2 Å². The molecule has 31 heavy (non-hydrogen) atoms. The van der Waals surface area contributed by atoms with E-state index in [9.17, 15) is 4.79 Å². The van der Waals surface area contributed by atoms with Crippen molar-refractivity contribution in [3.8, 4) is 5.75 Å². The standard InChI is InChI=1S/C24H27BrN4O2/c1-18-21(15-27(2)26-18)16-28-9-11-29(12-10-28)24(30)20-6-3-5-19(13-20)17-31-23-8-4-7-22(25)14-23/h3-8,13-15H,9-12,16-17H2,1-2H3. The van der Waals surface area contributed by atoms with E-state index in [2.05, 4.69) is 32.1 Å². The van der Waals surface area contributed by atoms with Crippen LogP contribution in [-0.4, -0.2) is 51.7 Å². The maximum Gasteiger partial charge on any atom is 0.253 e. The van der Waals surface area contributed by atoms with Crippen molar-refractivity contribution in [2.75, 3.05) is 26.2 Å². The zero-order valence-electron chi connectivity index (χ0n) is 17.9. The summed E-state index contributed by atoms with van der Waals surface area (Å²) in [5.74, 6) is 0.882. The molecule has 7 heteroatoms. The van der Waals surface area contributed by atoms with E-state index in [0.29, 0.717) is 12.2 Å². The number of carbonyl (C=O) groups excluding carboxylic acids is 1. The molecule has 0 saturated carbocycles. The van der Waals surface area contributed by atoms with Crippen LogP contribution in [0.25, 0.3) is 0 Å². The smallest absolute Gasteiger partial charge is 0.253 e. The van der Waals surface area contributed by atoms with Crippen LogP contribution in [0.1, 0.15) is 27.2 Å². The summed E-state index contributed by atoms with van der Waals surface area (Å²) in [6.45, 7) is 6.55. The minimum absolute atomic E-state index is 0.0847. The maximum atomic E-state index is 13.0. The second-order valence-electron chi connectivity index (χ2n) is 7.93. The largest absolute Gasteiger partial charge is 0.489 e. The first-order chi connectivity index (χ1) is 15.0. The highest BCUT2D eigenvalue weighted by molar-refractivity contribution is 9.10. The minimum Gasteiger partial charge on any atom is -0.489 e. The molecular formula is C24H27BrN4O2. The third kappa shape index (κ3) is 5.54. The highest BCUT2D eigenvalue weighted by Gasteiger charge is 2.23. The number of aryl methyl sites for hydroxylation is 2. The van der Waals surface area contributed by atoms with Crippen LogP contribution in [0.15, 0.2) is 59.2 Å². The fraction of sp³-hybridized carbons (Fsp3) is 0.333. The number of rotatable bonds is 6. The predicted molar refractivity (Wildman–Crippen MR) is 124 cm³/mol. The van der Waals surface area contributed by atoms with Crippen molar-refractivity contribution in [3.63, 3.8) is 0 Å². The Morgan fingerprint density at radius 1 is 1.10 bits per heavy atom. The van der Waals surface area contributed by atoms with Crippen LogP contribution in [0.5, 0.6) is 5.75 Å².